The largest absolute Gasteiger partial charge is 0.348 e. The molecule has 0 saturated carbocycles. The number of anilines is 1. The fourth-order valence-corrected chi connectivity index (χ4v) is 5.80. The Hall–Kier alpha value is -1.25. The van der Waals surface area contributed by atoms with Crippen molar-refractivity contribution < 1.29 is 9.59 Å². The number of aromatic nitrogens is 1. The van der Waals surface area contributed by atoms with Gasteiger partial charge in [-0.15, -0.1) is 0 Å². The molecule has 0 N–H and O–H groups in total. The van der Waals surface area contributed by atoms with Gasteiger partial charge in [-0.3, -0.25) is 14.5 Å². The monoisotopic (exact) mass is 487 g/mol. The summed E-state index contributed by atoms with van der Waals surface area (Å²) in [5.74, 6) is -0.366. The second-order valence-corrected chi connectivity index (χ2v) is 9.91. The minimum absolute atomic E-state index is 0.0907. The van der Waals surface area contributed by atoms with Crippen molar-refractivity contribution in [3.05, 3.63) is 48.7 Å². The molecular formula is C19H16Cl3N3O2S2. The first-order valence-corrected chi connectivity index (χ1v) is 11.8. The van der Waals surface area contributed by atoms with Crippen molar-refractivity contribution in [2.45, 2.75) is 25.8 Å². The Morgan fingerprint density at radius 3 is 2.59 bits per heavy atom. The summed E-state index contributed by atoms with van der Waals surface area (Å²) < 4.78 is 0. The van der Waals surface area contributed by atoms with Gasteiger partial charge in [0.25, 0.3) is 11.1 Å². The van der Waals surface area contributed by atoms with E-state index < -0.39 is 0 Å². The van der Waals surface area contributed by atoms with Gasteiger partial charge in [0.2, 0.25) is 0 Å². The minimum Gasteiger partial charge on any atom is -0.348 e. The molecule has 2 fully saturated rings. The van der Waals surface area contributed by atoms with Gasteiger partial charge in [-0.05, 0) is 54.8 Å². The van der Waals surface area contributed by atoms with Gasteiger partial charge >= 0.3 is 0 Å². The molecule has 1 aromatic heterocycles. The topological polar surface area (TPSA) is 53.5 Å². The fourth-order valence-electron chi connectivity index (χ4n) is 3.19. The van der Waals surface area contributed by atoms with Gasteiger partial charge < -0.3 is 4.90 Å². The first-order valence-electron chi connectivity index (χ1n) is 9.03. The lowest BCUT2D eigenvalue weighted by Gasteiger charge is -2.25. The molecule has 0 aliphatic carbocycles. The predicted octanol–water partition coefficient (Wildman–Crippen LogP) is 6.33. The van der Waals surface area contributed by atoms with E-state index in [1.165, 1.54) is 22.7 Å². The van der Waals surface area contributed by atoms with Crippen LogP contribution in [0.5, 0.6) is 0 Å². The zero-order valence-electron chi connectivity index (χ0n) is 15.2. The van der Waals surface area contributed by atoms with E-state index >= 15 is 0 Å². The first-order chi connectivity index (χ1) is 13.9. The fraction of sp³-hybridized carbons (Fsp3) is 0.316. The molecule has 1 aromatic carbocycles. The van der Waals surface area contributed by atoms with Gasteiger partial charge in [0, 0.05) is 23.1 Å². The zero-order chi connectivity index (χ0) is 20.5. The summed E-state index contributed by atoms with van der Waals surface area (Å²) in [5, 5.41) is 1.77. The summed E-state index contributed by atoms with van der Waals surface area (Å²) in [7, 11) is 0. The molecule has 0 bridgehead atoms. The van der Waals surface area contributed by atoms with Gasteiger partial charge in [0.15, 0.2) is 5.13 Å². The normalized spacial score (nSPS) is 18.9. The van der Waals surface area contributed by atoms with E-state index in [1.54, 1.807) is 24.3 Å². The van der Waals surface area contributed by atoms with Crippen molar-refractivity contribution in [3.63, 3.8) is 0 Å². The number of hydrogen-bond donors (Lipinski definition) is 0. The number of carbonyl (C=O) groups is 2. The van der Waals surface area contributed by atoms with Crippen molar-refractivity contribution in [1.29, 1.82) is 0 Å². The highest BCUT2D eigenvalue weighted by Crippen LogP contribution is 2.38. The van der Waals surface area contributed by atoms with Gasteiger partial charge in [-0.25, -0.2) is 4.98 Å². The number of carbonyl (C=O) groups excluding carboxylic acids is 2. The SMILES string of the molecule is O=C1S/C(=C\c2sc(N3CCCCC3)nc2Cl)C(=O)N1Cc1ccc(Cl)cc1Cl. The van der Waals surface area contributed by atoms with Gasteiger partial charge in [-0.2, -0.15) is 0 Å². The lowest BCUT2D eigenvalue weighted by Crippen LogP contribution is -2.29. The highest BCUT2D eigenvalue weighted by Gasteiger charge is 2.35. The molecule has 152 valence electrons. The summed E-state index contributed by atoms with van der Waals surface area (Å²) in [6.45, 7) is 2.01. The van der Waals surface area contributed by atoms with Crippen LogP contribution in [-0.4, -0.2) is 34.1 Å². The lowest BCUT2D eigenvalue weighted by molar-refractivity contribution is -0.123. The van der Waals surface area contributed by atoms with Crippen molar-refractivity contribution in [2.75, 3.05) is 18.0 Å². The first kappa shape index (κ1) is 21.0. The number of imide groups is 1. The van der Waals surface area contributed by atoms with E-state index in [-0.39, 0.29) is 17.7 Å². The average molecular weight is 489 g/mol. The molecule has 4 rings (SSSR count). The van der Waals surface area contributed by atoms with Crippen LogP contribution in [0.3, 0.4) is 0 Å². The Morgan fingerprint density at radius 2 is 1.86 bits per heavy atom. The molecule has 5 nitrogen and oxygen atoms in total. The Kier molecular flexibility index (Phi) is 6.41. The number of rotatable bonds is 4. The number of nitrogens with zero attached hydrogens (tertiary/aromatic N) is 3. The molecule has 2 aliphatic heterocycles. The number of thiazole rings is 1. The number of benzene rings is 1. The van der Waals surface area contributed by atoms with E-state index in [0.29, 0.717) is 30.5 Å². The predicted molar refractivity (Wildman–Crippen MR) is 121 cm³/mol. The van der Waals surface area contributed by atoms with Gasteiger partial charge in [-0.1, -0.05) is 52.2 Å². The second-order valence-electron chi connectivity index (χ2n) is 6.70. The molecule has 2 saturated heterocycles. The number of amides is 2. The maximum Gasteiger partial charge on any atom is 0.293 e. The quantitative estimate of drug-likeness (QED) is 0.471. The van der Waals surface area contributed by atoms with Crippen LogP contribution in [0.4, 0.5) is 9.93 Å². The third kappa shape index (κ3) is 4.59. The highest BCUT2D eigenvalue weighted by atomic mass is 35.5. The molecule has 29 heavy (non-hydrogen) atoms. The van der Waals surface area contributed by atoms with E-state index in [2.05, 4.69) is 9.88 Å². The molecule has 2 amide bonds. The van der Waals surface area contributed by atoms with Crippen LogP contribution < -0.4 is 4.90 Å². The Morgan fingerprint density at radius 1 is 1.10 bits per heavy atom. The van der Waals surface area contributed by atoms with E-state index in [0.717, 1.165) is 42.8 Å². The molecule has 0 radical (unpaired) electrons. The maximum atomic E-state index is 12.8. The molecule has 0 spiro atoms. The number of halogens is 3. The molecule has 0 atom stereocenters. The van der Waals surface area contributed by atoms with Crippen LogP contribution >= 0.6 is 57.9 Å². The maximum absolute atomic E-state index is 12.8. The number of thioether (sulfide) groups is 1. The van der Waals surface area contributed by atoms with Crippen LogP contribution in [0, 0.1) is 0 Å². The van der Waals surface area contributed by atoms with Crippen molar-refractivity contribution >= 4 is 80.3 Å². The van der Waals surface area contributed by atoms with E-state index in [4.69, 9.17) is 34.8 Å². The molecule has 2 aromatic rings. The van der Waals surface area contributed by atoms with Gasteiger partial charge in [0.1, 0.15) is 5.15 Å². The molecule has 0 unspecified atom stereocenters. The summed E-state index contributed by atoms with van der Waals surface area (Å²) in [6, 6.07) is 4.98. The summed E-state index contributed by atoms with van der Waals surface area (Å²) >= 11 is 20.7. The summed E-state index contributed by atoms with van der Waals surface area (Å²) in [6.07, 6.45) is 5.16. The second kappa shape index (κ2) is 8.86. The minimum atomic E-state index is -0.366. The highest BCUT2D eigenvalue weighted by molar-refractivity contribution is 8.18. The smallest absolute Gasteiger partial charge is 0.293 e. The van der Waals surface area contributed by atoms with E-state index in [9.17, 15) is 9.59 Å². The molecule has 3 heterocycles. The summed E-state index contributed by atoms with van der Waals surface area (Å²) in [5.41, 5.74) is 0.655. The van der Waals surface area contributed by atoms with Crippen LogP contribution in [0.25, 0.3) is 6.08 Å². The number of piperidine rings is 1. The van der Waals surface area contributed by atoms with E-state index in [1.807, 2.05) is 0 Å². The Balaban J connectivity index is 1.54. The van der Waals surface area contributed by atoms with Crippen molar-refractivity contribution in [3.8, 4) is 0 Å². The molecule has 2 aliphatic rings. The van der Waals surface area contributed by atoms with Crippen molar-refractivity contribution in [2.24, 2.45) is 0 Å². The summed E-state index contributed by atoms with van der Waals surface area (Å²) in [4.78, 5) is 34.1. The van der Waals surface area contributed by atoms with Crippen LogP contribution in [0.2, 0.25) is 15.2 Å². The lowest BCUT2D eigenvalue weighted by atomic mass is 10.1. The van der Waals surface area contributed by atoms with Gasteiger partial charge in [0.05, 0.1) is 16.3 Å². The zero-order valence-corrected chi connectivity index (χ0v) is 19.1. The van der Waals surface area contributed by atoms with Crippen LogP contribution in [-0.2, 0) is 11.3 Å². The third-order valence-electron chi connectivity index (χ3n) is 4.70. The third-order valence-corrected chi connectivity index (χ3v) is 7.66. The van der Waals surface area contributed by atoms with Crippen molar-refractivity contribution in [1.82, 2.24) is 9.88 Å². The molecule has 10 heteroatoms. The van der Waals surface area contributed by atoms with Crippen LogP contribution in [0.1, 0.15) is 29.7 Å². The Labute approximate surface area is 191 Å². The Bertz CT molecular complexity index is 1000. The molecular weight excluding hydrogens is 473 g/mol. The average Bonchev–Trinajstić information content (AvgIpc) is 3.19. The number of hydrogen-bond acceptors (Lipinski definition) is 6. The van der Waals surface area contributed by atoms with Crippen LogP contribution in [0.15, 0.2) is 23.1 Å². The standard InChI is InChI=1S/C19H16Cl3N3O2S2/c20-12-5-4-11(13(21)8-12)10-25-17(26)15(29-19(25)27)9-14-16(22)23-18(28-14)24-6-2-1-3-7-24/h4-5,8-9H,1-3,6-7,10H2/b15-9-.